The van der Waals surface area contributed by atoms with E-state index in [1.54, 1.807) is 6.07 Å². The summed E-state index contributed by atoms with van der Waals surface area (Å²) in [6.45, 7) is 5.93. The molecule has 0 bridgehead atoms. The van der Waals surface area contributed by atoms with Crippen LogP contribution in [0.1, 0.15) is 22.3 Å². The van der Waals surface area contributed by atoms with Crippen molar-refractivity contribution in [1.29, 1.82) is 0 Å². The third-order valence-electron chi connectivity index (χ3n) is 3.23. The molecule has 0 spiro atoms. The van der Waals surface area contributed by atoms with Crippen molar-refractivity contribution in [2.75, 3.05) is 0 Å². The van der Waals surface area contributed by atoms with Gasteiger partial charge in [-0.2, -0.15) is 0 Å². The third-order valence-corrected chi connectivity index (χ3v) is 4.48. The first-order chi connectivity index (χ1) is 9.93. The summed E-state index contributed by atoms with van der Waals surface area (Å²) in [5.74, 6) is 1.34. The molecule has 0 saturated carbocycles. The Hall–Kier alpha value is -2.01. The van der Waals surface area contributed by atoms with Crippen molar-refractivity contribution in [3.8, 4) is 11.5 Å². The molecule has 0 fully saturated rings. The lowest BCUT2D eigenvalue weighted by atomic mass is 10.1. The molecule has 0 aliphatic heterocycles. The van der Waals surface area contributed by atoms with Gasteiger partial charge in [0.05, 0.1) is 5.56 Å². The van der Waals surface area contributed by atoms with E-state index in [2.05, 4.69) is 21.1 Å². The number of para-hydroxylation sites is 1. The highest BCUT2D eigenvalue weighted by Gasteiger charge is 2.13. The fraction of sp³-hybridized carbons (Fsp3) is 0.188. The fourth-order valence-corrected chi connectivity index (χ4v) is 2.36. The molecule has 2 aromatic carbocycles. The second-order valence-electron chi connectivity index (χ2n) is 4.91. The summed E-state index contributed by atoms with van der Waals surface area (Å²) < 4.78 is 7.05. The van der Waals surface area contributed by atoms with Crippen LogP contribution in [0, 0.1) is 20.8 Å². The number of oxime groups is 1. The normalized spacial score (nSPS) is 11.5. The Morgan fingerprint density at radius 3 is 2.33 bits per heavy atom. The molecule has 0 saturated heterocycles. The van der Waals surface area contributed by atoms with Gasteiger partial charge in [0.25, 0.3) is 0 Å². The zero-order chi connectivity index (χ0) is 15.6. The zero-order valence-corrected chi connectivity index (χ0v) is 13.7. The van der Waals surface area contributed by atoms with E-state index in [-0.39, 0.29) is 5.84 Å². The Morgan fingerprint density at radius 2 is 1.76 bits per heavy atom. The van der Waals surface area contributed by atoms with Crippen LogP contribution in [0.15, 0.2) is 40.0 Å². The fourth-order valence-electron chi connectivity index (χ4n) is 2.13. The molecular formula is C16H17BrN2O2. The monoisotopic (exact) mass is 348 g/mol. The number of amidine groups is 1. The van der Waals surface area contributed by atoms with E-state index in [9.17, 15) is 0 Å². The summed E-state index contributed by atoms with van der Waals surface area (Å²) in [5.41, 5.74) is 9.37. The molecule has 3 N–H and O–H groups in total. The Kier molecular flexibility index (Phi) is 4.53. The molecule has 21 heavy (non-hydrogen) atoms. The van der Waals surface area contributed by atoms with Gasteiger partial charge in [-0.1, -0.05) is 33.2 Å². The summed E-state index contributed by atoms with van der Waals surface area (Å²) in [7, 11) is 0. The minimum Gasteiger partial charge on any atom is -0.456 e. The van der Waals surface area contributed by atoms with E-state index < -0.39 is 0 Å². The number of nitrogens with two attached hydrogens (primary N) is 1. The summed E-state index contributed by atoms with van der Waals surface area (Å²) in [6, 6.07) is 9.41. The van der Waals surface area contributed by atoms with Crippen molar-refractivity contribution in [2.45, 2.75) is 20.8 Å². The predicted octanol–water partition coefficient (Wildman–Crippen LogP) is 4.26. The number of aryl methyl sites for hydroxylation is 3. The number of ether oxygens (including phenoxy) is 1. The lowest BCUT2D eigenvalue weighted by Crippen LogP contribution is -2.14. The minimum absolute atomic E-state index is 0.0271. The quantitative estimate of drug-likeness (QED) is 0.377. The second-order valence-corrected chi connectivity index (χ2v) is 5.70. The van der Waals surface area contributed by atoms with Crippen molar-refractivity contribution < 1.29 is 9.94 Å². The molecule has 2 rings (SSSR count). The number of hydrogen-bond donors (Lipinski definition) is 2. The molecule has 0 atom stereocenters. The Bertz CT molecular complexity index is 688. The van der Waals surface area contributed by atoms with Crippen LogP contribution in [-0.2, 0) is 0 Å². The summed E-state index contributed by atoms with van der Waals surface area (Å²) in [6.07, 6.45) is 0. The maximum absolute atomic E-state index is 8.90. The number of benzene rings is 2. The van der Waals surface area contributed by atoms with Crippen molar-refractivity contribution >= 4 is 21.8 Å². The van der Waals surface area contributed by atoms with Crippen LogP contribution in [-0.4, -0.2) is 11.0 Å². The van der Waals surface area contributed by atoms with E-state index >= 15 is 0 Å². The number of nitrogens with zero attached hydrogens (tertiary/aromatic N) is 1. The zero-order valence-electron chi connectivity index (χ0n) is 12.1. The SMILES string of the molecule is Cc1cc(Oc2c(C)cccc2/C(N)=N/O)cc(C)c1Br. The Balaban J connectivity index is 2.49. The van der Waals surface area contributed by atoms with E-state index in [0.29, 0.717) is 11.3 Å². The van der Waals surface area contributed by atoms with Gasteiger partial charge < -0.3 is 15.7 Å². The standard InChI is InChI=1S/C16H17BrN2O2/c1-9-5-4-6-13(16(18)19-20)15(9)21-12-7-10(2)14(17)11(3)8-12/h4-8,20H,1-3H3,(H2,18,19). The Morgan fingerprint density at radius 1 is 1.14 bits per heavy atom. The van der Waals surface area contributed by atoms with E-state index in [0.717, 1.165) is 26.9 Å². The minimum atomic E-state index is 0.0271. The first-order valence-electron chi connectivity index (χ1n) is 6.46. The van der Waals surface area contributed by atoms with Crippen LogP contribution < -0.4 is 10.5 Å². The van der Waals surface area contributed by atoms with Crippen molar-refractivity contribution in [3.63, 3.8) is 0 Å². The van der Waals surface area contributed by atoms with Gasteiger partial charge in [0.1, 0.15) is 11.5 Å². The number of rotatable bonds is 3. The van der Waals surface area contributed by atoms with Crippen LogP contribution in [0.4, 0.5) is 0 Å². The van der Waals surface area contributed by atoms with Gasteiger partial charge >= 0.3 is 0 Å². The van der Waals surface area contributed by atoms with Crippen molar-refractivity contribution in [2.24, 2.45) is 10.9 Å². The predicted molar refractivity (Wildman–Crippen MR) is 87.4 cm³/mol. The lowest BCUT2D eigenvalue weighted by Gasteiger charge is -2.14. The molecule has 0 unspecified atom stereocenters. The van der Waals surface area contributed by atoms with Gasteiger partial charge in [-0.15, -0.1) is 0 Å². The van der Waals surface area contributed by atoms with Crippen LogP contribution in [0.3, 0.4) is 0 Å². The third kappa shape index (κ3) is 3.19. The molecule has 4 nitrogen and oxygen atoms in total. The van der Waals surface area contributed by atoms with Crippen LogP contribution in [0.2, 0.25) is 0 Å². The smallest absolute Gasteiger partial charge is 0.173 e. The summed E-state index contributed by atoms with van der Waals surface area (Å²) in [4.78, 5) is 0. The highest BCUT2D eigenvalue weighted by atomic mass is 79.9. The van der Waals surface area contributed by atoms with Crippen LogP contribution in [0.25, 0.3) is 0 Å². The molecule has 110 valence electrons. The maximum Gasteiger partial charge on any atom is 0.173 e. The highest BCUT2D eigenvalue weighted by Crippen LogP contribution is 2.32. The van der Waals surface area contributed by atoms with Gasteiger partial charge in [-0.05, 0) is 55.7 Å². The largest absolute Gasteiger partial charge is 0.456 e. The van der Waals surface area contributed by atoms with Crippen molar-refractivity contribution in [3.05, 3.63) is 57.1 Å². The first-order valence-corrected chi connectivity index (χ1v) is 7.25. The molecular weight excluding hydrogens is 332 g/mol. The highest BCUT2D eigenvalue weighted by molar-refractivity contribution is 9.10. The van der Waals surface area contributed by atoms with Gasteiger partial charge in [0.15, 0.2) is 5.84 Å². The van der Waals surface area contributed by atoms with Gasteiger partial charge in [-0.3, -0.25) is 0 Å². The van der Waals surface area contributed by atoms with Crippen LogP contribution >= 0.6 is 15.9 Å². The number of hydrogen-bond acceptors (Lipinski definition) is 3. The molecule has 0 radical (unpaired) electrons. The molecule has 0 aromatic heterocycles. The van der Waals surface area contributed by atoms with E-state index in [1.165, 1.54) is 0 Å². The summed E-state index contributed by atoms with van der Waals surface area (Å²) in [5, 5.41) is 12.0. The second kappa shape index (κ2) is 6.18. The lowest BCUT2D eigenvalue weighted by molar-refractivity contribution is 0.318. The number of halogens is 1. The molecule has 0 heterocycles. The topological polar surface area (TPSA) is 67.8 Å². The first kappa shape index (κ1) is 15.4. The molecule has 0 aliphatic carbocycles. The van der Waals surface area contributed by atoms with Gasteiger partial charge in [0, 0.05) is 4.47 Å². The molecule has 2 aromatic rings. The molecule has 0 aliphatic rings. The van der Waals surface area contributed by atoms with E-state index in [1.807, 2.05) is 45.0 Å². The summed E-state index contributed by atoms with van der Waals surface area (Å²) >= 11 is 3.53. The van der Waals surface area contributed by atoms with Gasteiger partial charge in [0.2, 0.25) is 0 Å². The van der Waals surface area contributed by atoms with Gasteiger partial charge in [-0.25, -0.2) is 0 Å². The molecule has 5 heteroatoms. The van der Waals surface area contributed by atoms with E-state index in [4.69, 9.17) is 15.7 Å². The Labute approximate surface area is 132 Å². The average molecular weight is 349 g/mol. The average Bonchev–Trinajstić information content (AvgIpc) is 2.46. The van der Waals surface area contributed by atoms with Crippen molar-refractivity contribution in [1.82, 2.24) is 0 Å². The van der Waals surface area contributed by atoms with Crippen LogP contribution in [0.5, 0.6) is 11.5 Å². The maximum atomic E-state index is 8.90. The molecule has 0 amide bonds.